The van der Waals surface area contributed by atoms with Crippen molar-refractivity contribution in [3.8, 4) is 0 Å². The van der Waals surface area contributed by atoms with E-state index in [1.165, 1.54) is 0 Å². The molecule has 0 saturated carbocycles. The van der Waals surface area contributed by atoms with E-state index in [-0.39, 0.29) is 0 Å². The molecule has 2 nitrogen and oxygen atoms in total. The van der Waals surface area contributed by atoms with Gasteiger partial charge in [-0.2, -0.15) is 0 Å². The molecule has 13 heavy (non-hydrogen) atoms. The molecule has 4 heteroatoms. The fourth-order valence-corrected chi connectivity index (χ4v) is 2.18. The van der Waals surface area contributed by atoms with Crippen LogP contribution in [0.25, 0.3) is 0 Å². The first-order valence-electron chi connectivity index (χ1n) is 4.14. The van der Waals surface area contributed by atoms with E-state index in [1.807, 2.05) is 12.3 Å². The van der Waals surface area contributed by atoms with Crippen molar-refractivity contribution in [1.82, 2.24) is 4.98 Å². The molecule has 1 aromatic heterocycles. The first kappa shape index (κ1) is 11.0. The summed E-state index contributed by atoms with van der Waals surface area (Å²) < 4.78 is 0.987. The van der Waals surface area contributed by atoms with Crippen molar-refractivity contribution in [3.05, 3.63) is 22.3 Å². The van der Waals surface area contributed by atoms with Crippen molar-refractivity contribution in [3.63, 3.8) is 0 Å². The van der Waals surface area contributed by atoms with Crippen LogP contribution in [0.3, 0.4) is 0 Å². The van der Waals surface area contributed by atoms with Gasteiger partial charge in [0.2, 0.25) is 0 Å². The second-order valence-corrected chi connectivity index (χ2v) is 5.47. The lowest BCUT2D eigenvalue weighted by Gasteiger charge is -2.08. The summed E-state index contributed by atoms with van der Waals surface area (Å²) >= 11 is 5.12. The summed E-state index contributed by atoms with van der Waals surface area (Å²) in [5.41, 5.74) is 6.73. The number of nitrogens with two attached hydrogens (primary N) is 1. The Hall–Kier alpha value is -0.0600. The second-order valence-electron chi connectivity index (χ2n) is 2.99. The van der Waals surface area contributed by atoms with Crippen LogP contribution in [0.2, 0.25) is 0 Å². The standard InChI is InChI=1S/C9H13BrN2S/c1-6(2)13-9-7(4-11)3-8(10)5-12-9/h3,5-6H,4,11H2,1-2H3. The molecule has 0 fully saturated rings. The van der Waals surface area contributed by atoms with Gasteiger partial charge in [-0.1, -0.05) is 13.8 Å². The normalized spacial score (nSPS) is 10.8. The molecule has 0 aromatic carbocycles. The smallest absolute Gasteiger partial charge is 0.101 e. The SMILES string of the molecule is CC(C)Sc1ncc(Br)cc1CN. The van der Waals surface area contributed by atoms with Crippen molar-refractivity contribution in [2.24, 2.45) is 5.73 Å². The summed E-state index contributed by atoms with van der Waals surface area (Å²) in [6, 6.07) is 2.03. The maximum atomic E-state index is 5.62. The van der Waals surface area contributed by atoms with Gasteiger partial charge in [0, 0.05) is 22.5 Å². The molecule has 1 aromatic rings. The van der Waals surface area contributed by atoms with E-state index in [1.54, 1.807) is 11.8 Å². The number of hydrogen-bond donors (Lipinski definition) is 1. The Labute approximate surface area is 91.4 Å². The number of rotatable bonds is 3. The third-order valence-electron chi connectivity index (χ3n) is 1.46. The molecule has 0 saturated heterocycles. The van der Waals surface area contributed by atoms with Crippen LogP contribution in [0.15, 0.2) is 21.8 Å². The third kappa shape index (κ3) is 3.29. The number of nitrogens with zero attached hydrogens (tertiary/aromatic N) is 1. The molecule has 0 amide bonds. The molecule has 0 atom stereocenters. The molecular formula is C9H13BrN2S. The summed E-state index contributed by atoms with van der Waals surface area (Å²) in [7, 11) is 0. The van der Waals surface area contributed by atoms with Gasteiger partial charge in [0.15, 0.2) is 0 Å². The van der Waals surface area contributed by atoms with E-state index in [0.717, 1.165) is 15.1 Å². The lowest BCUT2D eigenvalue weighted by Crippen LogP contribution is -2.01. The van der Waals surface area contributed by atoms with Crippen LogP contribution in [0.5, 0.6) is 0 Å². The van der Waals surface area contributed by atoms with Crippen LogP contribution in [0, 0.1) is 0 Å². The van der Waals surface area contributed by atoms with E-state index in [2.05, 4.69) is 34.8 Å². The van der Waals surface area contributed by atoms with Crippen LogP contribution >= 0.6 is 27.7 Å². The third-order valence-corrected chi connectivity index (χ3v) is 2.96. The van der Waals surface area contributed by atoms with Crippen LogP contribution in [0.1, 0.15) is 19.4 Å². The molecule has 0 unspecified atom stereocenters. The molecule has 0 aliphatic carbocycles. The average Bonchev–Trinajstić information content (AvgIpc) is 2.07. The van der Waals surface area contributed by atoms with Crippen molar-refractivity contribution < 1.29 is 0 Å². The Bertz CT molecular complexity index is 289. The number of thioether (sulfide) groups is 1. The van der Waals surface area contributed by atoms with Gasteiger partial charge in [0.25, 0.3) is 0 Å². The maximum Gasteiger partial charge on any atom is 0.101 e. The van der Waals surface area contributed by atoms with E-state index in [0.29, 0.717) is 11.8 Å². The Morgan fingerprint density at radius 1 is 1.62 bits per heavy atom. The number of aromatic nitrogens is 1. The molecule has 0 bridgehead atoms. The minimum Gasteiger partial charge on any atom is -0.326 e. The quantitative estimate of drug-likeness (QED) is 0.850. The molecule has 0 spiro atoms. The Morgan fingerprint density at radius 2 is 2.31 bits per heavy atom. The minimum absolute atomic E-state index is 0.541. The van der Waals surface area contributed by atoms with E-state index >= 15 is 0 Å². The maximum absolute atomic E-state index is 5.62. The fourth-order valence-electron chi connectivity index (χ4n) is 0.944. The highest BCUT2D eigenvalue weighted by Crippen LogP contribution is 2.26. The van der Waals surface area contributed by atoms with Crippen molar-refractivity contribution in [2.75, 3.05) is 0 Å². The van der Waals surface area contributed by atoms with E-state index in [9.17, 15) is 0 Å². The van der Waals surface area contributed by atoms with Crippen molar-refractivity contribution >= 4 is 27.7 Å². The van der Waals surface area contributed by atoms with Crippen molar-refractivity contribution in [1.29, 1.82) is 0 Å². The number of halogens is 1. The van der Waals surface area contributed by atoms with Crippen molar-refractivity contribution in [2.45, 2.75) is 30.7 Å². The zero-order chi connectivity index (χ0) is 9.84. The summed E-state index contributed by atoms with van der Waals surface area (Å²) in [5.74, 6) is 0. The van der Waals surface area contributed by atoms with Gasteiger partial charge in [-0.25, -0.2) is 4.98 Å². The van der Waals surface area contributed by atoms with Gasteiger partial charge >= 0.3 is 0 Å². The summed E-state index contributed by atoms with van der Waals surface area (Å²) in [5, 5.41) is 1.58. The van der Waals surface area contributed by atoms with Gasteiger partial charge in [-0.05, 0) is 27.6 Å². The zero-order valence-corrected chi connectivity index (χ0v) is 10.2. The largest absolute Gasteiger partial charge is 0.326 e. The summed E-state index contributed by atoms with van der Waals surface area (Å²) in [6.45, 7) is 4.84. The Kier molecular flexibility index (Phi) is 4.22. The summed E-state index contributed by atoms with van der Waals surface area (Å²) in [6.07, 6.45) is 1.81. The molecule has 1 heterocycles. The molecule has 0 aliphatic rings. The molecule has 72 valence electrons. The highest BCUT2D eigenvalue weighted by atomic mass is 79.9. The topological polar surface area (TPSA) is 38.9 Å². The van der Waals surface area contributed by atoms with Crippen LogP contribution in [-0.2, 0) is 6.54 Å². The second kappa shape index (κ2) is 4.98. The minimum atomic E-state index is 0.541. The highest BCUT2D eigenvalue weighted by Gasteiger charge is 2.05. The van der Waals surface area contributed by atoms with Gasteiger partial charge in [-0.3, -0.25) is 0 Å². The first-order valence-corrected chi connectivity index (χ1v) is 5.82. The Balaban J connectivity index is 2.92. The molecule has 0 aliphatic heterocycles. The van der Waals surface area contributed by atoms with Gasteiger partial charge in [0.1, 0.15) is 5.03 Å². The monoisotopic (exact) mass is 260 g/mol. The molecular weight excluding hydrogens is 248 g/mol. The lowest BCUT2D eigenvalue weighted by molar-refractivity contribution is 0.950. The predicted octanol–water partition coefficient (Wildman–Crippen LogP) is 2.80. The lowest BCUT2D eigenvalue weighted by atomic mass is 10.3. The first-order chi connectivity index (χ1) is 6.13. The Morgan fingerprint density at radius 3 is 2.85 bits per heavy atom. The number of hydrogen-bond acceptors (Lipinski definition) is 3. The van der Waals surface area contributed by atoms with E-state index < -0.39 is 0 Å². The molecule has 2 N–H and O–H groups in total. The van der Waals surface area contributed by atoms with Crippen LogP contribution in [-0.4, -0.2) is 10.2 Å². The highest BCUT2D eigenvalue weighted by molar-refractivity contribution is 9.10. The van der Waals surface area contributed by atoms with Gasteiger partial charge < -0.3 is 5.73 Å². The molecule has 1 rings (SSSR count). The van der Waals surface area contributed by atoms with Gasteiger partial charge in [0.05, 0.1) is 0 Å². The fraction of sp³-hybridized carbons (Fsp3) is 0.444. The van der Waals surface area contributed by atoms with Crippen LogP contribution < -0.4 is 5.73 Å². The predicted molar refractivity (Wildman–Crippen MR) is 60.8 cm³/mol. The number of pyridine rings is 1. The van der Waals surface area contributed by atoms with E-state index in [4.69, 9.17) is 5.73 Å². The zero-order valence-electron chi connectivity index (χ0n) is 7.75. The average molecular weight is 261 g/mol. The molecule has 0 radical (unpaired) electrons. The summed E-state index contributed by atoms with van der Waals surface area (Å²) in [4.78, 5) is 4.33. The van der Waals surface area contributed by atoms with Gasteiger partial charge in [-0.15, -0.1) is 11.8 Å². The van der Waals surface area contributed by atoms with Crippen LogP contribution in [0.4, 0.5) is 0 Å².